The minimum atomic E-state index is -0.225. The van der Waals surface area contributed by atoms with Crippen LogP contribution in [0.2, 0.25) is 5.02 Å². The minimum absolute atomic E-state index is 0.0892. The van der Waals surface area contributed by atoms with Crippen LogP contribution in [-0.2, 0) is 16.1 Å². The largest absolute Gasteiger partial charge is 0.493 e. The Morgan fingerprint density at radius 2 is 1.90 bits per heavy atom. The van der Waals surface area contributed by atoms with E-state index in [9.17, 15) is 9.59 Å². The molecule has 0 heterocycles. The number of methoxy groups -OCH3 is 1. The Morgan fingerprint density at radius 3 is 2.59 bits per heavy atom. The van der Waals surface area contributed by atoms with Gasteiger partial charge in [-0.15, -0.1) is 0 Å². The zero-order valence-corrected chi connectivity index (χ0v) is 17.5. The maximum Gasteiger partial charge on any atom is 0.257 e. The van der Waals surface area contributed by atoms with E-state index < -0.39 is 0 Å². The average Bonchev–Trinajstić information content (AvgIpc) is 2.72. The smallest absolute Gasteiger partial charge is 0.257 e. The highest BCUT2D eigenvalue weighted by Gasteiger charge is 2.09. The fourth-order valence-electron chi connectivity index (χ4n) is 2.47. The molecule has 0 fully saturated rings. The van der Waals surface area contributed by atoms with Crippen LogP contribution in [-0.4, -0.2) is 32.1 Å². The SMILES string of the molecule is CCNC(=O)COc1ccc(CNC(=O)C=Cc2ccc(C)c(Cl)c2)cc1OC. The lowest BCUT2D eigenvalue weighted by molar-refractivity contribution is -0.123. The monoisotopic (exact) mass is 416 g/mol. The van der Waals surface area contributed by atoms with Crippen molar-refractivity contribution < 1.29 is 19.1 Å². The number of likely N-dealkylation sites (N-methyl/N-ethyl adjacent to an activating group) is 1. The van der Waals surface area contributed by atoms with E-state index in [1.165, 1.54) is 13.2 Å². The normalized spacial score (nSPS) is 10.6. The van der Waals surface area contributed by atoms with Crippen LogP contribution < -0.4 is 20.1 Å². The van der Waals surface area contributed by atoms with E-state index in [4.69, 9.17) is 21.1 Å². The summed E-state index contributed by atoms with van der Waals surface area (Å²) in [5, 5.41) is 6.14. The molecule has 2 aromatic carbocycles. The number of aryl methyl sites for hydroxylation is 1. The molecular formula is C22H25ClN2O4. The van der Waals surface area contributed by atoms with Crippen LogP contribution in [0, 0.1) is 6.92 Å². The summed E-state index contributed by atoms with van der Waals surface area (Å²) >= 11 is 6.09. The van der Waals surface area contributed by atoms with Crippen molar-refractivity contribution in [2.24, 2.45) is 0 Å². The highest BCUT2D eigenvalue weighted by atomic mass is 35.5. The van der Waals surface area contributed by atoms with Gasteiger partial charge >= 0.3 is 0 Å². The summed E-state index contributed by atoms with van der Waals surface area (Å²) in [6, 6.07) is 10.9. The van der Waals surface area contributed by atoms with Gasteiger partial charge in [-0.2, -0.15) is 0 Å². The van der Waals surface area contributed by atoms with Gasteiger partial charge < -0.3 is 20.1 Å². The average molecular weight is 417 g/mol. The third kappa shape index (κ3) is 7.16. The molecule has 0 saturated carbocycles. The Morgan fingerprint density at radius 1 is 1.10 bits per heavy atom. The lowest BCUT2D eigenvalue weighted by Gasteiger charge is -2.12. The lowest BCUT2D eigenvalue weighted by Crippen LogP contribution is -2.28. The molecule has 0 aromatic heterocycles. The molecule has 154 valence electrons. The minimum Gasteiger partial charge on any atom is -0.493 e. The van der Waals surface area contributed by atoms with Gasteiger partial charge in [-0.05, 0) is 54.8 Å². The first-order chi connectivity index (χ1) is 13.9. The van der Waals surface area contributed by atoms with E-state index in [-0.39, 0.29) is 18.4 Å². The Kier molecular flexibility index (Phi) is 8.55. The highest BCUT2D eigenvalue weighted by Crippen LogP contribution is 2.28. The Hall–Kier alpha value is -2.99. The summed E-state index contributed by atoms with van der Waals surface area (Å²) in [6.45, 7) is 4.54. The van der Waals surface area contributed by atoms with Gasteiger partial charge in [0.1, 0.15) is 0 Å². The van der Waals surface area contributed by atoms with Crippen molar-refractivity contribution in [2.45, 2.75) is 20.4 Å². The van der Waals surface area contributed by atoms with E-state index in [0.29, 0.717) is 29.6 Å². The highest BCUT2D eigenvalue weighted by molar-refractivity contribution is 6.31. The maximum absolute atomic E-state index is 12.1. The number of rotatable bonds is 9. The first-order valence-electron chi connectivity index (χ1n) is 9.21. The molecule has 0 aliphatic rings. The molecule has 0 aliphatic heterocycles. The molecule has 0 saturated heterocycles. The molecule has 0 radical (unpaired) electrons. The van der Waals surface area contributed by atoms with E-state index >= 15 is 0 Å². The molecule has 0 bridgehead atoms. The second kappa shape index (κ2) is 11.1. The predicted molar refractivity (Wildman–Crippen MR) is 114 cm³/mol. The molecule has 29 heavy (non-hydrogen) atoms. The van der Waals surface area contributed by atoms with Crippen molar-refractivity contribution in [3.63, 3.8) is 0 Å². The number of carbonyl (C=O) groups is 2. The Balaban J connectivity index is 1.92. The van der Waals surface area contributed by atoms with Gasteiger partial charge in [0.25, 0.3) is 5.91 Å². The number of amides is 2. The van der Waals surface area contributed by atoms with Gasteiger partial charge in [-0.1, -0.05) is 29.8 Å². The third-order valence-corrected chi connectivity index (χ3v) is 4.46. The predicted octanol–water partition coefficient (Wildman–Crippen LogP) is 3.50. The molecular weight excluding hydrogens is 392 g/mol. The number of benzene rings is 2. The fraction of sp³-hybridized carbons (Fsp3) is 0.273. The summed E-state index contributed by atoms with van der Waals surface area (Å²) in [5.74, 6) is 0.528. The van der Waals surface area contributed by atoms with Crippen LogP contribution >= 0.6 is 11.6 Å². The molecule has 2 N–H and O–H groups in total. The molecule has 6 nitrogen and oxygen atoms in total. The van der Waals surface area contributed by atoms with E-state index in [1.807, 2.05) is 32.0 Å². The first kappa shape index (κ1) is 22.3. The molecule has 0 atom stereocenters. The van der Waals surface area contributed by atoms with E-state index in [1.54, 1.807) is 24.3 Å². The number of ether oxygens (including phenoxy) is 2. The van der Waals surface area contributed by atoms with Gasteiger partial charge in [-0.25, -0.2) is 0 Å². The fourth-order valence-corrected chi connectivity index (χ4v) is 2.65. The summed E-state index contributed by atoms with van der Waals surface area (Å²) in [5.41, 5.74) is 2.68. The van der Waals surface area contributed by atoms with Crippen molar-refractivity contribution >= 4 is 29.5 Å². The van der Waals surface area contributed by atoms with E-state index in [2.05, 4.69) is 10.6 Å². The first-order valence-corrected chi connectivity index (χ1v) is 9.59. The van der Waals surface area contributed by atoms with Crippen molar-refractivity contribution in [3.05, 3.63) is 64.2 Å². The van der Waals surface area contributed by atoms with E-state index in [0.717, 1.165) is 16.7 Å². The van der Waals surface area contributed by atoms with Gasteiger partial charge in [0.15, 0.2) is 18.1 Å². The molecule has 7 heteroatoms. The molecule has 0 spiro atoms. The summed E-state index contributed by atoms with van der Waals surface area (Å²) in [6.07, 6.45) is 3.17. The lowest BCUT2D eigenvalue weighted by atomic mass is 10.1. The quantitative estimate of drug-likeness (QED) is 0.613. The third-order valence-electron chi connectivity index (χ3n) is 4.05. The number of carbonyl (C=O) groups excluding carboxylic acids is 2. The molecule has 0 unspecified atom stereocenters. The number of hydrogen-bond donors (Lipinski definition) is 2. The maximum atomic E-state index is 12.1. The van der Waals surface area contributed by atoms with Crippen molar-refractivity contribution in [3.8, 4) is 11.5 Å². The Labute approximate surface area is 175 Å². The van der Waals surface area contributed by atoms with Crippen molar-refractivity contribution in [1.82, 2.24) is 10.6 Å². The summed E-state index contributed by atoms with van der Waals surface area (Å²) in [4.78, 5) is 23.6. The van der Waals surface area contributed by atoms with Crippen LogP contribution in [0.4, 0.5) is 0 Å². The van der Waals surface area contributed by atoms with Crippen LogP contribution in [0.3, 0.4) is 0 Å². The van der Waals surface area contributed by atoms with Gasteiger partial charge in [0.05, 0.1) is 7.11 Å². The summed E-state index contributed by atoms with van der Waals surface area (Å²) in [7, 11) is 1.52. The topological polar surface area (TPSA) is 76.7 Å². The van der Waals surface area contributed by atoms with Gasteiger partial charge in [0, 0.05) is 24.2 Å². The zero-order valence-electron chi connectivity index (χ0n) is 16.8. The zero-order chi connectivity index (χ0) is 21.2. The van der Waals surface area contributed by atoms with Crippen LogP contribution in [0.5, 0.6) is 11.5 Å². The van der Waals surface area contributed by atoms with Gasteiger partial charge in [0.2, 0.25) is 5.91 Å². The second-order valence-corrected chi connectivity index (χ2v) is 6.69. The van der Waals surface area contributed by atoms with Crippen molar-refractivity contribution in [2.75, 3.05) is 20.3 Å². The standard InChI is InChI=1S/C22H25ClN2O4/c1-4-24-22(27)14-29-19-9-7-17(12-20(19)28-3)13-25-21(26)10-8-16-6-5-15(2)18(23)11-16/h5-12H,4,13-14H2,1-3H3,(H,24,27)(H,25,26). The van der Waals surface area contributed by atoms with Crippen LogP contribution in [0.15, 0.2) is 42.5 Å². The summed E-state index contributed by atoms with van der Waals surface area (Å²) < 4.78 is 10.8. The van der Waals surface area contributed by atoms with Crippen molar-refractivity contribution in [1.29, 1.82) is 0 Å². The van der Waals surface area contributed by atoms with Crippen LogP contribution in [0.1, 0.15) is 23.6 Å². The molecule has 2 amide bonds. The molecule has 2 aromatic rings. The number of hydrogen-bond acceptors (Lipinski definition) is 4. The second-order valence-electron chi connectivity index (χ2n) is 6.29. The molecule has 2 rings (SSSR count). The molecule has 0 aliphatic carbocycles. The van der Waals surface area contributed by atoms with Gasteiger partial charge in [-0.3, -0.25) is 9.59 Å². The number of halogens is 1. The number of nitrogens with one attached hydrogen (secondary N) is 2. The van der Waals surface area contributed by atoms with Crippen LogP contribution in [0.25, 0.3) is 6.08 Å². The Bertz CT molecular complexity index is 896.